The van der Waals surface area contributed by atoms with E-state index in [4.69, 9.17) is 11.5 Å². The van der Waals surface area contributed by atoms with Gasteiger partial charge in [0, 0.05) is 6.54 Å². The summed E-state index contributed by atoms with van der Waals surface area (Å²) in [5, 5.41) is 0. The molecule has 0 aliphatic carbocycles. The van der Waals surface area contributed by atoms with Crippen LogP contribution in [0, 0.1) is 0 Å². The van der Waals surface area contributed by atoms with Crippen LogP contribution in [-0.2, 0) is 9.59 Å². The molecule has 6 heteroatoms. The predicted octanol–water partition coefficient (Wildman–Crippen LogP) is -0.847. The molecule has 1 fully saturated rings. The Balaban J connectivity index is 2.43. The van der Waals surface area contributed by atoms with Crippen molar-refractivity contribution in [2.45, 2.75) is 24.9 Å². The molecule has 1 rings (SSSR count). The van der Waals surface area contributed by atoms with Gasteiger partial charge in [-0.3, -0.25) is 9.59 Å². The van der Waals surface area contributed by atoms with Crippen molar-refractivity contribution in [2.24, 2.45) is 11.5 Å². The lowest BCUT2D eigenvalue weighted by Crippen LogP contribution is -2.60. The molecular weight excluding hydrogens is 214 g/mol. The van der Waals surface area contributed by atoms with E-state index in [1.807, 2.05) is 6.26 Å². The lowest BCUT2D eigenvalue weighted by molar-refractivity contribution is -0.147. The van der Waals surface area contributed by atoms with E-state index in [1.54, 1.807) is 11.8 Å². The van der Waals surface area contributed by atoms with E-state index < -0.39 is 18.0 Å². The average Bonchev–Trinajstić information content (AvgIpc) is 2.11. The van der Waals surface area contributed by atoms with Crippen LogP contribution >= 0.6 is 11.8 Å². The number of carbonyl (C=O) groups is 2. The highest BCUT2D eigenvalue weighted by molar-refractivity contribution is 7.98. The number of carbonyl (C=O) groups excluding carboxylic acids is 2. The van der Waals surface area contributed by atoms with Gasteiger partial charge < -0.3 is 16.4 Å². The van der Waals surface area contributed by atoms with Crippen molar-refractivity contribution in [1.82, 2.24) is 4.90 Å². The maximum atomic E-state index is 11.7. The van der Waals surface area contributed by atoms with Crippen molar-refractivity contribution in [3.63, 3.8) is 0 Å². The van der Waals surface area contributed by atoms with Gasteiger partial charge in [-0.05, 0) is 24.9 Å². The van der Waals surface area contributed by atoms with Crippen LogP contribution in [0.5, 0.6) is 0 Å². The zero-order chi connectivity index (χ0) is 11.4. The molecule has 1 heterocycles. The summed E-state index contributed by atoms with van der Waals surface area (Å²) < 4.78 is 0. The number of nitrogens with zero attached hydrogens (tertiary/aromatic N) is 1. The molecule has 2 atom stereocenters. The van der Waals surface area contributed by atoms with Gasteiger partial charge in [0.15, 0.2) is 0 Å². The van der Waals surface area contributed by atoms with E-state index in [0.29, 0.717) is 19.4 Å². The van der Waals surface area contributed by atoms with Gasteiger partial charge in [-0.15, -0.1) is 0 Å². The molecule has 1 aliphatic rings. The van der Waals surface area contributed by atoms with E-state index in [1.165, 1.54) is 4.90 Å². The molecule has 4 N–H and O–H groups in total. The monoisotopic (exact) mass is 231 g/mol. The van der Waals surface area contributed by atoms with Gasteiger partial charge in [0.1, 0.15) is 6.04 Å². The number of primary amides is 1. The molecule has 0 saturated carbocycles. The predicted molar refractivity (Wildman–Crippen MR) is 60.3 cm³/mol. The second kappa shape index (κ2) is 5.37. The number of likely N-dealkylation sites (tertiary alicyclic amines) is 1. The summed E-state index contributed by atoms with van der Waals surface area (Å²) in [6.07, 6.45) is 3.27. The zero-order valence-corrected chi connectivity index (χ0v) is 9.63. The summed E-state index contributed by atoms with van der Waals surface area (Å²) in [6, 6.07) is -0.933. The van der Waals surface area contributed by atoms with Gasteiger partial charge in [-0.2, -0.15) is 11.8 Å². The largest absolute Gasteiger partial charge is 0.368 e. The molecule has 2 amide bonds. The summed E-state index contributed by atoms with van der Waals surface area (Å²) in [4.78, 5) is 24.1. The third kappa shape index (κ3) is 2.85. The maximum Gasteiger partial charge on any atom is 0.240 e. The van der Waals surface area contributed by atoms with Crippen molar-refractivity contribution in [1.29, 1.82) is 0 Å². The number of hydrogen-bond acceptors (Lipinski definition) is 4. The second-order valence-electron chi connectivity index (χ2n) is 3.63. The van der Waals surface area contributed by atoms with E-state index >= 15 is 0 Å². The Morgan fingerprint density at radius 3 is 2.67 bits per heavy atom. The topological polar surface area (TPSA) is 89.4 Å². The molecule has 0 spiro atoms. The van der Waals surface area contributed by atoms with Crippen molar-refractivity contribution in [2.75, 3.05) is 18.6 Å². The van der Waals surface area contributed by atoms with Gasteiger partial charge in [-0.25, -0.2) is 0 Å². The summed E-state index contributed by atoms with van der Waals surface area (Å²) in [7, 11) is 0. The van der Waals surface area contributed by atoms with Crippen molar-refractivity contribution in [3.8, 4) is 0 Å². The van der Waals surface area contributed by atoms with Crippen LogP contribution in [0.25, 0.3) is 0 Å². The highest BCUT2D eigenvalue weighted by Crippen LogP contribution is 2.18. The van der Waals surface area contributed by atoms with Crippen LogP contribution < -0.4 is 11.5 Å². The molecule has 0 radical (unpaired) electrons. The fraction of sp³-hybridized carbons (Fsp3) is 0.778. The van der Waals surface area contributed by atoms with Gasteiger partial charge in [0.2, 0.25) is 11.8 Å². The van der Waals surface area contributed by atoms with E-state index in [9.17, 15) is 9.59 Å². The number of amides is 2. The van der Waals surface area contributed by atoms with Crippen LogP contribution in [0.1, 0.15) is 12.8 Å². The number of thioether (sulfide) groups is 1. The van der Waals surface area contributed by atoms with Crippen LogP contribution in [-0.4, -0.2) is 47.4 Å². The molecule has 0 aromatic heterocycles. The Morgan fingerprint density at radius 1 is 1.60 bits per heavy atom. The quantitative estimate of drug-likeness (QED) is 0.645. The van der Waals surface area contributed by atoms with Gasteiger partial charge >= 0.3 is 0 Å². The van der Waals surface area contributed by atoms with Gasteiger partial charge in [0.05, 0.1) is 6.04 Å². The Morgan fingerprint density at radius 2 is 2.27 bits per heavy atom. The van der Waals surface area contributed by atoms with Crippen LogP contribution in [0.2, 0.25) is 0 Å². The summed E-state index contributed by atoms with van der Waals surface area (Å²) >= 11 is 1.65. The molecule has 1 aliphatic heterocycles. The maximum absolute atomic E-state index is 11.7. The molecule has 5 nitrogen and oxygen atoms in total. The standard InChI is InChI=1S/C9H17N3O2S/c1-15-5-3-6(10)9(14)12-4-2-7(12)8(11)13/h6-7H,2-5,10H2,1H3,(H2,11,13). The molecule has 0 aromatic rings. The molecule has 0 aromatic carbocycles. The first-order valence-corrected chi connectivity index (χ1v) is 6.31. The van der Waals surface area contributed by atoms with Crippen LogP contribution in [0.3, 0.4) is 0 Å². The number of hydrogen-bond donors (Lipinski definition) is 2. The lowest BCUT2D eigenvalue weighted by atomic mass is 10.0. The van der Waals surface area contributed by atoms with Crippen LogP contribution in [0.4, 0.5) is 0 Å². The second-order valence-corrected chi connectivity index (χ2v) is 4.61. The summed E-state index contributed by atoms with van der Waals surface area (Å²) in [5.41, 5.74) is 10.9. The fourth-order valence-corrected chi connectivity index (χ4v) is 2.02. The zero-order valence-electron chi connectivity index (χ0n) is 8.81. The highest BCUT2D eigenvalue weighted by Gasteiger charge is 2.37. The third-order valence-corrected chi connectivity index (χ3v) is 3.23. The minimum absolute atomic E-state index is 0.154. The number of rotatable bonds is 5. The Hall–Kier alpha value is -0.750. The SMILES string of the molecule is CSCCC(N)C(=O)N1CCC1C(N)=O. The molecular formula is C9H17N3O2S. The van der Waals surface area contributed by atoms with Crippen molar-refractivity contribution >= 4 is 23.6 Å². The smallest absolute Gasteiger partial charge is 0.240 e. The van der Waals surface area contributed by atoms with Crippen LogP contribution in [0.15, 0.2) is 0 Å². The third-order valence-electron chi connectivity index (χ3n) is 2.58. The van der Waals surface area contributed by atoms with Crippen molar-refractivity contribution in [3.05, 3.63) is 0 Å². The molecule has 0 bridgehead atoms. The Labute approximate surface area is 93.5 Å². The molecule has 86 valence electrons. The molecule has 2 unspecified atom stereocenters. The van der Waals surface area contributed by atoms with Crippen molar-refractivity contribution < 1.29 is 9.59 Å². The van der Waals surface area contributed by atoms with E-state index in [2.05, 4.69) is 0 Å². The van der Waals surface area contributed by atoms with E-state index in [-0.39, 0.29) is 5.91 Å². The average molecular weight is 231 g/mol. The first-order chi connectivity index (χ1) is 7.07. The first-order valence-electron chi connectivity index (χ1n) is 4.92. The minimum Gasteiger partial charge on any atom is -0.368 e. The Kier molecular flexibility index (Phi) is 4.41. The molecule has 15 heavy (non-hydrogen) atoms. The van der Waals surface area contributed by atoms with Gasteiger partial charge in [0.25, 0.3) is 0 Å². The number of nitrogens with two attached hydrogens (primary N) is 2. The fourth-order valence-electron chi connectivity index (χ4n) is 1.53. The lowest BCUT2D eigenvalue weighted by Gasteiger charge is -2.40. The first kappa shape index (κ1) is 12.3. The van der Waals surface area contributed by atoms with E-state index in [0.717, 1.165) is 5.75 Å². The van der Waals surface area contributed by atoms with Gasteiger partial charge in [-0.1, -0.05) is 0 Å². The summed E-state index contributed by atoms with van der Waals surface area (Å²) in [6.45, 7) is 0.597. The normalized spacial score (nSPS) is 22.0. The minimum atomic E-state index is -0.500. The highest BCUT2D eigenvalue weighted by atomic mass is 32.2. The Bertz CT molecular complexity index is 260. The molecule has 1 saturated heterocycles. The summed E-state index contributed by atoms with van der Waals surface area (Å²) in [5.74, 6) is 0.257.